The van der Waals surface area contributed by atoms with Crippen molar-refractivity contribution in [1.29, 1.82) is 0 Å². The fourth-order valence-corrected chi connectivity index (χ4v) is 5.12. The zero-order valence-electron chi connectivity index (χ0n) is 29.9. The molecule has 0 aliphatic heterocycles. The van der Waals surface area contributed by atoms with Crippen LogP contribution in [0.4, 0.5) is 0 Å². The van der Waals surface area contributed by atoms with Gasteiger partial charge in [-0.3, -0.25) is 24.0 Å². The first kappa shape index (κ1) is 43.4. The maximum absolute atomic E-state index is 13.9. The van der Waals surface area contributed by atoms with Gasteiger partial charge in [0.15, 0.2) is 0 Å². The van der Waals surface area contributed by atoms with Gasteiger partial charge >= 0.3 is 29.8 Å². The molecule has 0 aliphatic carbocycles. The van der Waals surface area contributed by atoms with Crippen LogP contribution in [0.2, 0.25) is 0 Å². The number of rotatable bonds is 28. The van der Waals surface area contributed by atoms with Crippen LogP contribution >= 0.6 is 0 Å². The van der Waals surface area contributed by atoms with Crippen molar-refractivity contribution in [2.45, 2.75) is 138 Å². The standard InChI is InChI=1S/C36H64O10/c1-8-14-21-42-31(37)26-30(35(40)45-24-17-11-4)28(13-6)32(36(41)46-25-18-12-5)29(34(39)44-23-16-10-3)20-19-27(7)33(38)43-22-15-9-2/h27-30,32H,8-26H2,1-7H3. The minimum atomic E-state index is -1.11. The SMILES string of the molecule is CCCCOC(=O)CC(C(=O)OCCCC)C(CC)C(C(=O)OCCCC)C(CCC(C)C(=O)OCCCC)C(=O)OCCCC. The monoisotopic (exact) mass is 656 g/mol. The van der Waals surface area contributed by atoms with Crippen LogP contribution in [0.25, 0.3) is 0 Å². The van der Waals surface area contributed by atoms with E-state index in [1.54, 1.807) is 6.92 Å². The van der Waals surface area contributed by atoms with Crippen LogP contribution in [0.1, 0.15) is 138 Å². The third-order valence-corrected chi connectivity index (χ3v) is 8.19. The average Bonchev–Trinajstić information content (AvgIpc) is 3.03. The van der Waals surface area contributed by atoms with E-state index >= 15 is 0 Å². The van der Waals surface area contributed by atoms with Crippen molar-refractivity contribution in [2.24, 2.45) is 29.6 Å². The van der Waals surface area contributed by atoms with Crippen LogP contribution in [-0.4, -0.2) is 62.9 Å². The molecule has 0 radical (unpaired) electrons. The Morgan fingerprint density at radius 1 is 0.478 bits per heavy atom. The van der Waals surface area contributed by atoms with E-state index in [2.05, 4.69) is 0 Å². The molecule has 0 spiro atoms. The van der Waals surface area contributed by atoms with E-state index in [0.717, 1.165) is 38.5 Å². The van der Waals surface area contributed by atoms with Gasteiger partial charge in [0.05, 0.1) is 63.1 Å². The van der Waals surface area contributed by atoms with Crippen molar-refractivity contribution in [1.82, 2.24) is 0 Å². The van der Waals surface area contributed by atoms with Crippen molar-refractivity contribution in [3.63, 3.8) is 0 Å². The summed E-state index contributed by atoms with van der Waals surface area (Å²) < 4.78 is 27.8. The summed E-state index contributed by atoms with van der Waals surface area (Å²) in [4.78, 5) is 67.0. The minimum absolute atomic E-state index is 0.137. The summed E-state index contributed by atoms with van der Waals surface area (Å²) in [6.07, 6.45) is 7.92. The lowest BCUT2D eigenvalue weighted by atomic mass is 9.70. The summed E-state index contributed by atoms with van der Waals surface area (Å²) in [5.41, 5.74) is 0. The molecule has 0 amide bonds. The Labute approximate surface area is 278 Å². The van der Waals surface area contributed by atoms with Gasteiger partial charge in [0.1, 0.15) is 0 Å². The van der Waals surface area contributed by atoms with E-state index in [1.807, 2.05) is 41.5 Å². The second kappa shape index (κ2) is 27.5. The third-order valence-electron chi connectivity index (χ3n) is 8.19. The van der Waals surface area contributed by atoms with Crippen LogP contribution in [0.15, 0.2) is 0 Å². The number of ether oxygens (including phenoxy) is 5. The Morgan fingerprint density at radius 2 is 0.870 bits per heavy atom. The highest BCUT2D eigenvalue weighted by Gasteiger charge is 2.47. The molecule has 0 heterocycles. The highest BCUT2D eigenvalue weighted by atomic mass is 16.6. The fourth-order valence-electron chi connectivity index (χ4n) is 5.12. The predicted octanol–water partition coefficient (Wildman–Crippen LogP) is 7.38. The molecule has 0 saturated carbocycles. The van der Waals surface area contributed by atoms with Gasteiger partial charge < -0.3 is 23.7 Å². The molecule has 0 rings (SSSR count). The summed E-state index contributed by atoms with van der Waals surface area (Å²) in [7, 11) is 0. The maximum atomic E-state index is 13.9. The number of unbranched alkanes of at least 4 members (excludes halogenated alkanes) is 5. The zero-order chi connectivity index (χ0) is 34.7. The lowest BCUT2D eigenvalue weighted by molar-refractivity contribution is -0.170. The van der Waals surface area contributed by atoms with E-state index in [1.165, 1.54) is 0 Å². The Bertz CT molecular complexity index is 858. The summed E-state index contributed by atoms with van der Waals surface area (Å²) in [5, 5.41) is 0. The van der Waals surface area contributed by atoms with Crippen LogP contribution < -0.4 is 0 Å². The van der Waals surface area contributed by atoms with Crippen molar-refractivity contribution in [3.05, 3.63) is 0 Å². The van der Waals surface area contributed by atoms with E-state index < -0.39 is 53.5 Å². The number of hydrogen-bond acceptors (Lipinski definition) is 10. The van der Waals surface area contributed by atoms with Crippen LogP contribution in [0.3, 0.4) is 0 Å². The molecule has 0 saturated heterocycles. The Balaban J connectivity index is 6.67. The highest BCUT2D eigenvalue weighted by molar-refractivity contribution is 5.85. The summed E-state index contributed by atoms with van der Waals surface area (Å²) >= 11 is 0. The molecule has 5 atom stereocenters. The van der Waals surface area contributed by atoms with Gasteiger partial charge in [-0.1, -0.05) is 87.0 Å². The van der Waals surface area contributed by atoms with E-state index in [4.69, 9.17) is 23.7 Å². The summed E-state index contributed by atoms with van der Waals surface area (Å²) in [5.74, 6) is -7.20. The molecule has 0 bridgehead atoms. The minimum Gasteiger partial charge on any atom is -0.466 e. The fraction of sp³-hybridized carbons (Fsp3) is 0.861. The Hall–Kier alpha value is -2.65. The molecular formula is C36H64O10. The van der Waals surface area contributed by atoms with Crippen LogP contribution in [0, 0.1) is 29.6 Å². The molecule has 46 heavy (non-hydrogen) atoms. The van der Waals surface area contributed by atoms with Gasteiger partial charge in [-0.15, -0.1) is 0 Å². The van der Waals surface area contributed by atoms with Gasteiger partial charge in [-0.05, 0) is 50.9 Å². The van der Waals surface area contributed by atoms with Gasteiger partial charge in [0.2, 0.25) is 0 Å². The molecule has 0 aromatic heterocycles. The molecule has 0 aliphatic rings. The molecule has 268 valence electrons. The number of carbonyl (C=O) groups excluding carboxylic acids is 5. The molecule has 5 unspecified atom stereocenters. The third kappa shape index (κ3) is 17.9. The normalized spacial score (nSPS) is 14.3. The average molecular weight is 657 g/mol. The lowest BCUT2D eigenvalue weighted by Gasteiger charge is -2.34. The van der Waals surface area contributed by atoms with E-state index in [-0.39, 0.29) is 58.1 Å². The van der Waals surface area contributed by atoms with Crippen LogP contribution in [0.5, 0.6) is 0 Å². The molecule has 10 nitrogen and oxygen atoms in total. The van der Waals surface area contributed by atoms with Crippen molar-refractivity contribution in [3.8, 4) is 0 Å². The van der Waals surface area contributed by atoms with Crippen molar-refractivity contribution in [2.75, 3.05) is 33.0 Å². The molecule has 0 aromatic rings. The largest absolute Gasteiger partial charge is 0.466 e. The summed E-state index contributed by atoms with van der Waals surface area (Å²) in [6, 6.07) is 0. The quantitative estimate of drug-likeness (QED) is 0.0477. The molecular weight excluding hydrogens is 592 g/mol. The van der Waals surface area contributed by atoms with Crippen molar-refractivity contribution < 1.29 is 47.7 Å². The van der Waals surface area contributed by atoms with Crippen LogP contribution in [-0.2, 0) is 47.7 Å². The van der Waals surface area contributed by atoms with Gasteiger partial charge in [-0.25, -0.2) is 0 Å². The second-order valence-electron chi connectivity index (χ2n) is 12.2. The van der Waals surface area contributed by atoms with Gasteiger partial charge in [-0.2, -0.15) is 0 Å². The first-order valence-corrected chi connectivity index (χ1v) is 17.9. The smallest absolute Gasteiger partial charge is 0.310 e. The summed E-state index contributed by atoms with van der Waals surface area (Å²) in [6.45, 7) is 14.5. The molecule has 0 N–H and O–H groups in total. The topological polar surface area (TPSA) is 132 Å². The van der Waals surface area contributed by atoms with E-state index in [0.29, 0.717) is 32.3 Å². The maximum Gasteiger partial charge on any atom is 0.310 e. The zero-order valence-corrected chi connectivity index (χ0v) is 29.9. The lowest BCUT2D eigenvalue weighted by Crippen LogP contribution is -2.43. The first-order chi connectivity index (χ1) is 22.1. The Morgan fingerprint density at radius 3 is 1.30 bits per heavy atom. The first-order valence-electron chi connectivity index (χ1n) is 17.9. The second-order valence-corrected chi connectivity index (χ2v) is 12.2. The number of esters is 5. The predicted molar refractivity (Wildman–Crippen MR) is 177 cm³/mol. The highest BCUT2D eigenvalue weighted by Crippen LogP contribution is 2.38. The number of carbonyl (C=O) groups is 5. The Kier molecular flexibility index (Phi) is 25.9. The molecule has 0 aromatic carbocycles. The molecule has 10 heteroatoms. The van der Waals surface area contributed by atoms with Gasteiger partial charge in [0, 0.05) is 0 Å². The van der Waals surface area contributed by atoms with Gasteiger partial charge in [0.25, 0.3) is 0 Å². The number of hydrogen-bond donors (Lipinski definition) is 0. The molecule has 0 fully saturated rings. The van der Waals surface area contributed by atoms with Crippen molar-refractivity contribution >= 4 is 29.8 Å². The van der Waals surface area contributed by atoms with E-state index in [9.17, 15) is 24.0 Å².